The molecule has 0 aromatic heterocycles. The Labute approximate surface area is 458 Å². The number of imide groups is 4. The molecule has 0 atom stereocenters. The number of nitrogens with zero attached hydrogens (tertiary/aromatic N) is 4. The molecule has 0 spiro atoms. The van der Waals surface area contributed by atoms with Crippen LogP contribution >= 0.6 is 0 Å². The van der Waals surface area contributed by atoms with E-state index in [-0.39, 0.29) is 229 Å². The highest BCUT2D eigenvalue weighted by Crippen LogP contribution is 2.14. The summed E-state index contributed by atoms with van der Waals surface area (Å²) in [7, 11) is 2.40. The number of carbonyl (C=O) groups excluding carboxylic acids is 16. The van der Waals surface area contributed by atoms with Gasteiger partial charge in [-0.1, -0.05) is 7.43 Å². The largest absolute Gasteiger partial charge is 0.452 e. The van der Waals surface area contributed by atoms with E-state index in [0.717, 1.165) is 14.7 Å². The van der Waals surface area contributed by atoms with E-state index in [1.54, 1.807) is 5.43 Å². The van der Waals surface area contributed by atoms with Gasteiger partial charge in [-0.05, 0) is 0 Å². The molecule has 0 unspecified atom stereocenters. The minimum Gasteiger partial charge on any atom is -0.452 e. The van der Waals surface area contributed by atoms with Gasteiger partial charge in [0.2, 0.25) is 65.0 Å². The van der Waals surface area contributed by atoms with Gasteiger partial charge in [0, 0.05) is 110 Å². The van der Waals surface area contributed by atoms with E-state index in [4.69, 9.17) is 20.1 Å². The average molecular weight is 1150 g/mol. The van der Waals surface area contributed by atoms with E-state index in [0.29, 0.717) is 11.6 Å². The van der Waals surface area contributed by atoms with Gasteiger partial charge in [-0.15, -0.1) is 5.06 Å². The fourth-order valence-electron chi connectivity index (χ4n) is 6.27. The third-order valence-corrected chi connectivity index (χ3v) is 10.4. The van der Waals surface area contributed by atoms with Gasteiger partial charge < -0.3 is 44.5 Å². The van der Waals surface area contributed by atoms with Crippen molar-refractivity contribution in [2.75, 3.05) is 93.1 Å². The molecule has 4 aliphatic rings. The second-order valence-electron chi connectivity index (χ2n) is 16.1. The summed E-state index contributed by atoms with van der Waals surface area (Å²) in [6.45, 7) is 1.92. The monoisotopic (exact) mass is 1150 g/mol. The Morgan fingerprint density at radius 2 is 0.725 bits per heavy atom. The predicted octanol–water partition coefficient (Wildman–Crippen LogP) is -5.02. The molecule has 11 N–H and O–H groups in total. The Morgan fingerprint density at radius 1 is 0.400 bits per heavy atom. The summed E-state index contributed by atoms with van der Waals surface area (Å²) in [5, 5.41) is 8.22. The molecule has 0 aromatic carbocycles. The van der Waals surface area contributed by atoms with E-state index < -0.39 is 35.9 Å². The molecule has 35 nitrogen and oxygen atoms in total. The number of hydroxylamine groups is 2. The number of methoxy groups -OCH3 is 2. The molecule has 0 aromatic rings. The van der Waals surface area contributed by atoms with Crippen LogP contribution in [0, 0.1) is 0 Å². The van der Waals surface area contributed by atoms with Crippen LogP contribution in [0.15, 0.2) is 0 Å². The molecule has 0 aliphatic carbocycles. The first kappa shape index (κ1) is 71.7. The van der Waals surface area contributed by atoms with Crippen molar-refractivity contribution in [3.05, 3.63) is 0 Å². The summed E-state index contributed by atoms with van der Waals surface area (Å²) >= 11 is 0. The quantitative estimate of drug-likeness (QED) is 0.0116. The van der Waals surface area contributed by atoms with Crippen LogP contribution in [0.3, 0.4) is 0 Å². The molecule has 15 amide bonds. The highest BCUT2D eigenvalue weighted by Gasteiger charge is 2.33. The first-order valence-electron chi connectivity index (χ1n) is 24.4. The van der Waals surface area contributed by atoms with Crippen molar-refractivity contribution in [3.8, 4) is 0 Å². The molecule has 0 saturated carbocycles. The molecular weight excluding hydrogens is 1070 g/mol. The normalized spacial score (nSPS) is 14.3. The van der Waals surface area contributed by atoms with Crippen LogP contribution in [0.5, 0.6) is 0 Å². The third kappa shape index (κ3) is 31.2. The molecule has 4 aliphatic heterocycles. The van der Waals surface area contributed by atoms with E-state index in [9.17, 15) is 76.7 Å². The molecule has 0 bridgehead atoms. The fraction of sp³-hybridized carbons (Fsp3) is 0.644. The molecule has 4 fully saturated rings. The SMILES string of the molecule is C.COC(=O)NN.COC(=O)NNC(=O)CCOCCNC(=O)CCN1C(=O)CCC1=O.NNC(=O)CCOCCNC(=O)CCN1C(=O)CCC1=O.O=C(CCN1C(=O)CCC1=O)NCCOCCC(=O)ON1C(=O)CCC1=O. The fourth-order valence-corrected chi connectivity index (χ4v) is 6.27. The number of hydrogen-bond acceptors (Lipinski definition) is 24. The minimum atomic E-state index is -0.783. The number of nitrogens with two attached hydrogens (primary N) is 2. The van der Waals surface area contributed by atoms with Gasteiger partial charge in [0.1, 0.15) is 0 Å². The van der Waals surface area contributed by atoms with E-state index in [2.05, 4.69) is 41.5 Å². The lowest BCUT2D eigenvalue weighted by Crippen LogP contribution is -2.41. The van der Waals surface area contributed by atoms with Crippen LogP contribution in [0.2, 0.25) is 0 Å². The van der Waals surface area contributed by atoms with Crippen molar-refractivity contribution in [2.24, 2.45) is 11.7 Å². The Kier molecular flexibility index (Phi) is 37.4. The Bertz CT molecular complexity index is 2100. The molecule has 80 heavy (non-hydrogen) atoms. The molecule has 450 valence electrons. The number of nitrogens with one attached hydrogen (secondary N) is 7. The number of ether oxygens (including phenoxy) is 5. The molecule has 35 heteroatoms. The Morgan fingerprint density at radius 3 is 1.04 bits per heavy atom. The smallest absolute Gasteiger partial charge is 0.425 e. The van der Waals surface area contributed by atoms with Crippen molar-refractivity contribution in [1.29, 1.82) is 0 Å². The predicted molar refractivity (Wildman–Crippen MR) is 267 cm³/mol. The van der Waals surface area contributed by atoms with Gasteiger partial charge in [0.15, 0.2) is 0 Å². The average Bonchev–Trinajstić information content (AvgIpc) is 4.15. The number of carbonyl (C=O) groups is 16. The topological polar surface area (TPSA) is 478 Å². The highest BCUT2D eigenvalue weighted by molar-refractivity contribution is 6.04. The first-order valence-corrected chi connectivity index (χ1v) is 24.4. The maximum absolute atomic E-state index is 11.6. The lowest BCUT2D eigenvalue weighted by Gasteiger charge is -2.13. The molecule has 4 heterocycles. The summed E-state index contributed by atoms with van der Waals surface area (Å²) in [5.41, 5.74) is 7.87. The summed E-state index contributed by atoms with van der Waals surface area (Å²) in [6, 6.07) is 0. The zero-order valence-electron chi connectivity index (χ0n) is 43.8. The number of amides is 15. The van der Waals surface area contributed by atoms with Gasteiger partial charge >= 0.3 is 18.2 Å². The standard InChI is InChI=1S/C16H21N3O8.C14H22N4O7.C12H20N4O5.C2H6N2O2.CH4/c20-11(5-8-18-12(21)1-2-13(18)22)17-7-10-26-9-6-16(25)27-19-14(23)3-4-15(19)24;1-24-14(23)17-16-11(20)5-8-25-9-6-15-10(19)4-7-18-12(21)2-3-13(18)22;13-15-10(18)4-7-21-8-5-14-9(17)3-6-16-11(19)1-2-12(16)20;1-6-2(5)4-3;/h1-10H2,(H,17,20);2-9H2,1H3,(H,15,19)(H,16,20)(H,17,23);1-8,13H2,(H,14,17)(H,15,18);3H2,1H3,(H,4,5);1H4. The number of likely N-dealkylation sites (tertiary alicyclic amines) is 3. The van der Waals surface area contributed by atoms with E-state index >= 15 is 0 Å². The lowest BCUT2D eigenvalue weighted by atomic mass is 10.3. The highest BCUT2D eigenvalue weighted by atomic mass is 16.7. The van der Waals surface area contributed by atoms with Crippen molar-refractivity contribution >= 4 is 94.9 Å². The summed E-state index contributed by atoms with van der Waals surface area (Å²) in [6.07, 6.45) is 0.0601. The zero-order chi connectivity index (χ0) is 59.1. The summed E-state index contributed by atoms with van der Waals surface area (Å²) < 4.78 is 23.7. The van der Waals surface area contributed by atoms with E-state index in [1.165, 1.54) is 14.2 Å². The van der Waals surface area contributed by atoms with Gasteiger partial charge in [-0.25, -0.2) is 31.5 Å². The van der Waals surface area contributed by atoms with Crippen molar-refractivity contribution < 1.29 is 105 Å². The van der Waals surface area contributed by atoms with Crippen molar-refractivity contribution in [1.82, 2.24) is 57.4 Å². The first-order chi connectivity index (χ1) is 37.7. The maximum Gasteiger partial charge on any atom is 0.425 e. The van der Waals surface area contributed by atoms with Crippen LogP contribution in [-0.4, -0.2) is 208 Å². The van der Waals surface area contributed by atoms with Crippen LogP contribution in [0.4, 0.5) is 9.59 Å². The molecule has 0 radical (unpaired) electrons. The van der Waals surface area contributed by atoms with Crippen LogP contribution in [0.1, 0.15) is 97.3 Å². The van der Waals surface area contributed by atoms with Crippen molar-refractivity contribution in [2.45, 2.75) is 97.3 Å². The Hall–Kier alpha value is -8.28. The Balaban J connectivity index is 0.00000111. The van der Waals surface area contributed by atoms with Gasteiger partial charge in [0.25, 0.3) is 11.8 Å². The minimum absolute atomic E-state index is 0. The third-order valence-electron chi connectivity index (χ3n) is 10.4. The van der Waals surface area contributed by atoms with E-state index in [1.807, 2.05) is 10.9 Å². The lowest BCUT2D eigenvalue weighted by molar-refractivity contribution is -0.198. The molecule has 4 rings (SSSR count). The van der Waals surface area contributed by atoms with Crippen LogP contribution in [-0.2, 0) is 95.6 Å². The van der Waals surface area contributed by atoms with Gasteiger partial charge in [-0.2, -0.15) is 0 Å². The number of rotatable bonds is 28. The van der Waals surface area contributed by atoms with Crippen LogP contribution < -0.4 is 49.3 Å². The number of hydrazine groups is 3. The van der Waals surface area contributed by atoms with Crippen molar-refractivity contribution in [3.63, 3.8) is 0 Å². The second-order valence-corrected chi connectivity index (χ2v) is 16.1. The second kappa shape index (κ2) is 41.8. The molecular formula is C45H73N13O22. The van der Waals surface area contributed by atoms with Crippen LogP contribution in [0.25, 0.3) is 0 Å². The zero-order valence-corrected chi connectivity index (χ0v) is 43.8. The summed E-state index contributed by atoms with van der Waals surface area (Å²) in [5.74, 6) is 4.47. The van der Waals surface area contributed by atoms with Gasteiger partial charge in [-0.3, -0.25) is 93.3 Å². The van der Waals surface area contributed by atoms with Gasteiger partial charge in [0.05, 0.1) is 73.1 Å². The molecule has 4 saturated heterocycles. The number of hydrogen-bond donors (Lipinski definition) is 9. The summed E-state index contributed by atoms with van der Waals surface area (Å²) in [4.78, 5) is 187. The maximum atomic E-state index is 11.6.